The Morgan fingerprint density at radius 2 is 2.00 bits per heavy atom. The lowest BCUT2D eigenvalue weighted by Gasteiger charge is -2.10. The number of benzene rings is 1. The molecule has 0 unspecified atom stereocenters. The monoisotopic (exact) mass is 288 g/mol. The Kier molecular flexibility index (Phi) is 3.05. The highest BCUT2D eigenvalue weighted by Gasteiger charge is 2.34. The van der Waals surface area contributed by atoms with E-state index in [2.05, 4.69) is 10.1 Å². The summed E-state index contributed by atoms with van der Waals surface area (Å²) in [6.07, 6.45) is 0. The summed E-state index contributed by atoms with van der Waals surface area (Å²) in [5, 5.41) is 13.0. The maximum atomic E-state index is 11.7. The molecule has 1 N–H and O–H groups in total. The Labute approximate surface area is 119 Å². The van der Waals surface area contributed by atoms with Gasteiger partial charge in [-0.1, -0.05) is 5.16 Å². The van der Waals surface area contributed by atoms with Crippen LogP contribution in [0.15, 0.2) is 28.8 Å². The normalized spacial score (nSPS) is 15.1. The van der Waals surface area contributed by atoms with Crippen molar-refractivity contribution in [2.45, 2.75) is 6.54 Å². The van der Waals surface area contributed by atoms with Crippen molar-refractivity contribution in [3.05, 3.63) is 30.2 Å². The molecule has 1 saturated heterocycles. The van der Waals surface area contributed by atoms with Crippen molar-refractivity contribution in [1.82, 2.24) is 19.9 Å². The Hall–Kier alpha value is -2.90. The number of imide groups is 1. The molecule has 0 spiro atoms. The molecule has 108 valence electrons. The Morgan fingerprint density at radius 1 is 1.29 bits per heavy atom. The quantitative estimate of drug-likeness (QED) is 0.840. The molecule has 1 aliphatic heterocycles. The number of likely N-dealkylation sites (N-methyl/N-ethyl adjacent to an activating group) is 1. The van der Waals surface area contributed by atoms with Gasteiger partial charge in [0.1, 0.15) is 18.8 Å². The van der Waals surface area contributed by atoms with Crippen LogP contribution in [-0.4, -0.2) is 50.6 Å². The fraction of sp³-hybridized carbons (Fsp3) is 0.231. The van der Waals surface area contributed by atoms with Gasteiger partial charge in [-0.15, -0.1) is 0 Å². The van der Waals surface area contributed by atoms with Gasteiger partial charge in [0.25, 0.3) is 5.91 Å². The topological polar surface area (TPSA) is 99.8 Å². The number of amides is 3. The molecule has 0 atom stereocenters. The summed E-state index contributed by atoms with van der Waals surface area (Å²) >= 11 is 0. The van der Waals surface area contributed by atoms with Crippen molar-refractivity contribution in [2.75, 3.05) is 13.6 Å². The maximum absolute atomic E-state index is 11.7. The number of phenolic OH excluding ortho intramolecular Hbond substituents is 1. The van der Waals surface area contributed by atoms with E-state index in [0.717, 1.165) is 4.90 Å². The maximum Gasteiger partial charge on any atom is 0.327 e. The molecule has 1 aromatic carbocycles. The average Bonchev–Trinajstić information content (AvgIpc) is 3.01. The minimum atomic E-state index is -0.385. The minimum absolute atomic E-state index is 0.0485. The highest BCUT2D eigenvalue weighted by molar-refractivity contribution is 6.01. The predicted octanol–water partition coefficient (Wildman–Crippen LogP) is 0.836. The number of urea groups is 1. The number of hydrogen-bond acceptors (Lipinski definition) is 6. The van der Waals surface area contributed by atoms with Gasteiger partial charge in [0.15, 0.2) is 0 Å². The second-order valence-corrected chi connectivity index (χ2v) is 4.68. The summed E-state index contributed by atoms with van der Waals surface area (Å²) in [6.45, 7) is 0.00484. The fourth-order valence-electron chi connectivity index (χ4n) is 2.01. The molecule has 0 aliphatic carbocycles. The smallest absolute Gasteiger partial charge is 0.327 e. The van der Waals surface area contributed by atoms with E-state index in [1.54, 1.807) is 19.2 Å². The molecule has 1 aromatic heterocycles. The Balaban J connectivity index is 1.78. The first-order valence-corrected chi connectivity index (χ1v) is 6.22. The zero-order valence-corrected chi connectivity index (χ0v) is 11.2. The lowest BCUT2D eigenvalue weighted by molar-refractivity contribution is -0.125. The minimum Gasteiger partial charge on any atom is -0.508 e. The lowest BCUT2D eigenvalue weighted by Crippen LogP contribution is -2.31. The third-order valence-electron chi connectivity index (χ3n) is 3.12. The standard InChI is InChI=1S/C13H12N4O4/c1-16-7-11(19)17(13(16)20)6-10-14-12(15-21-10)8-2-4-9(18)5-3-8/h2-5,18H,6-7H2,1H3. The number of aromatic nitrogens is 2. The van der Waals surface area contributed by atoms with Crippen LogP contribution in [0.25, 0.3) is 11.4 Å². The van der Waals surface area contributed by atoms with Crippen LogP contribution >= 0.6 is 0 Å². The molecule has 0 saturated carbocycles. The summed E-state index contributed by atoms with van der Waals surface area (Å²) in [7, 11) is 1.55. The SMILES string of the molecule is CN1CC(=O)N(Cc2nc(-c3ccc(O)cc3)no2)C1=O. The third-order valence-corrected chi connectivity index (χ3v) is 3.12. The molecule has 2 aromatic rings. The first kappa shape index (κ1) is 13.1. The summed E-state index contributed by atoms with van der Waals surface area (Å²) < 4.78 is 5.05. The van der Waals surface area contributed by atoms with Gasteiger partial charge in [0.05, 0.1) is 0 Å². The molecule has 0 radical (unpaired) electrons. The van der Waals surface area contributed by atoms with Crippen LogP contribution in [-0.2, 0) is 11.3 Å². The van der Waals surface area contributed by atoms with Crippen LogP contribution in [0.5, 0.6) is 5.75 Å². The van der Waals surface area contributed by atoms with Gasteiger partial charge in [-0.05, 0) is 24.3 Å². The van der Waals surface area contributed by atoms with E-state index in [1.165, 1.54) is 17.0 Å². The van der Waals surface area contributed by atoms with Crippen LogP contribution < -0.4 is 0 Å². The van der Waals surface area contributed by atoms with Crippen molar-refractivity contribution in [2.24, 2.45) is 0 Å². The number of rotatable bonds is 3. The van der Waals surface area contributed by atoms with E-state index in [4.69, 9.17) is 4.52 Å². The Bertz CT molecular complexity index is 694. The van der Waals surface area contributed by atoms with Crippen LogP contribution in [0.3, 0.4) is 0 Å². The average molecular weight is 288 g/mol. The summed E-state index contributed by atoms with van der Waals surface area (Å²) in [5.74, 6) is 0.346. The molecule has 0 bridgehead atoms. The zero-order chi connectivity index (χ0) is 15.0. The highest BCUT2D eigenvalue weighted by Crippen LogP contribution is 2.20. The second-order valence-electron chi connectivity index (χ2n) is 4.68. The first-order chi connectivity index (χ1) is 10.0. The molecule has 1 fully saturated rings. The fourth-order valence-corrected chi connectivity index (χ4v) is 2.01. The Morgan fingerprint density at radius 3 is 2.62 bits per heavy atom. The van der Waals surface area contributed by atoms with Gasteiger partial charge in [-0.3, -0.25) is 9.69 Å². The van der Waals surface area contributed by atoms with Gasteiger partial charge >= 0.3 is 6.03 Å². The number of nitrogens with zero attached hydrogens (tertiary/aromatic N) is 4. The van der Waals surface area contributed by atoms with Crippen molar-refractivity contribution in [1.29, 1.82) is 0 Å². The van der Waals surface area contributed by atoms with Crippen LogP contribution in [0.2, 0.25) is 0 Å². The number of carbonyl (C=O) groups is 2. The van der Waals surface area contributed by atoms with Crippen molar-refractivity contribution in [3.63, 3.8) is 0 Å². The van der Waals surface area contributed by atoms with E-state index in [0.29, 0.717) is 11.4 Å². The predicted molar refractivity (Wildman–Crippen MR) is 70.0 cm³/mol. The van der Waals surface area contributed by atoms with Crippen molar-refractivity contribution < 1.29 is 19.2 Å². The van der Waals surface area contributed by atoms with Gasteiger partial charge in [0, 0.05) is 12.6 Å². The zero-order valence-electron chi connectivity index (χ0n) is 11.2. The lowest BCUT2D eigenvalue weighted by atomic mass is 10.2. The van der Waals surface area contributed by atoms with E-state index in [1.807, 2.05) is 0 Å². The molecule has 3 amide bonds. The van der Waals surface area contributed by atoms with E-state index >= 15 is 0 Å². The van der Waals surface area contributed by atoms with Crippen LogP contribution in [0, 0.1) is 0 Å². The third kappa shape index (κ3) is 2.42. The van der Waals surface area contributed by atoms with Crippen LogP contribution in [0.4, 0.5) is 4.79 Å². The van der Waals surface area contributed by atoms with E-state index in [-0.39, 0.29) is 36.7 Å². The van der Waals surface area contributed by atoms with Crippen LogP contribution in [0.1, 0.15) is 5.89 Å². The van der Waals surface area contributed by atoms with Gasteiger partial charge in [0.2, 0.25) is 11.7 Å². The molecule has 2 heterocycles. The van der Waals surface area contributed by atoms with Gasteiger partial charge in [-0.25, -0.2) is 4.79 Å². The first-order valence-electron chi connectivity index (χ1n) is 6.22. The van der Waals surface area contributed by atoms with Crippen molar-refractivity contribution in [3.8, 4) is 17.1 Å². The summed E-state index contributed by atoms with van der Waals surface area (Å²) in [5.41, 5.74) is 0.666. The van der Waals surface area contributed by atoms with Gasteiger partial charge < -0.3 is 14.5 Å². The number of carbonyl (C=O) groups excluding carboxylic acids is 2. The summed E-state index contributed by atoms with van der Waals surface area (Å²) in [4.78, 5) is 29.9. The van der Waals surface area contributed by atoms with E-state index < -0.39 is 0 Å². The molecule has 21 heavy (non-hydrogen) atoms. The molecule has 1 aliphatic rings. The van der Waals surface area contributed by atoms with Crippen molar-refractivity contribution >= 4 is 11.9 Å². The highest BCUT2D eigenvalue weighted by atomic mass is 16.5. The summed E-state index contributed by atoms with van der Waals surface area (Å²) in [6, 6.07) is 5.92. The van der Waals surface area contributed by atoms with Gasteiger partial charge in [-0.2, -0.15) is 4.98 Å². The molecular formula is C13H12N4O4. The molecular weight excluding hydrogens is 276 g/mol. The number of aromatic hydroxyl groups is 1. The number of phenols is 1. The van der Waals surface area contributed by atoms with E-state index in [9.17, 15) is 14.7 Å². The largest absolute Gasteiger partial charge is 0.508 e. The number of hydrogen-bond donors (Lipinski definition) is 1. The molecule has 3 rings (SSSR count). The molecule has 8 nitrogen and oxygen atoms in total. The molecule has 8 heteroatoms. The second kappa shape index (κ2) is 4.89.